The first-order valence-electron chi connectivity index (χ1n) is 4.27. The minimum Gasteiger partial charge on any atom is -0.507 e. The molecule has 0 radical (unpaired) electrons. The smallest absolute Gasteiger partial charge is 0.126 e. The van der Waals surface area contributed by atoms with Crippen molar-refractivity contribution in [1.29, 1.82) is 0 Å². The molecule has 0 fully saturated rings. The molecule has 14 heavy (non-hydrogen) atoms. The van der Waals surface area contributed by atoms with Gasteiger partial charge in [0.05, 0.1) is 19.8 Å². The highest BCUT2D eigenvalue weighted by Crippen LogP contribution is 2.25. The summed E-state index contributed by atoms with van der Waals surface area (Å²) in [6.45, 7) is -0.118. The summed E-state index contributed by atoms with van der Waals surface area (Å²) in [6.07, 6.45) is 0. The van der Waals surface area contributed by atoms with Crippen molar-refractivity contribution in [3.63, 3.8) is 0 Å². The van der Waals surface area contributed by atoms with Gasteiger partial charge in [-0.05, 0) is 17.7 Å². The molecule has 0 aliphatic heterocycles. The quantitative estimate of drug-likeness (QED) is 0.659. The third-order valence-electron chi connectivity index (χ3n) is 1.98. The molecule has 0 aliphatic rings. The Hall–Kier alpha value is -1.10. The fourth-order valence-electron chi connectivity index (χ4n) is 1.32. The molecular formula is C10H14O4. The number of aromatic hydroxyl groups is 1. The standard InChI is InChI=1S/C10H14O4/c1-14-6-7-2-8(4-11)10(13)9(3-7)5-12/h2-3,11-13H,4-6H2,1H3. The number of benzene rings is 1. The SMILES string of the molecule is COCc1cc(CO)c(O)c(CO)c1. The van der Waals surface area contributed by atoms with Crippen LogP contribution in [-0.2, 0) is 24.6 Å². The van der Waals surface area contributed by atoms with Crippen LogP contribution >= 0.6 is 0 Å². The van der Waals surface area contributed by atoms with E-state index < -0.39 is 0 Å². The third kappa shape index (κ3) is 2.23. The van der Waals surface area contributed by atoms with Gasteiger partial charge in [-0.25, -0.2) is 0 Å². The zero-order chi connectivity index (χ0) is 10.6. The average molecular weight is 198 g/mol. The Morgan fingerprint density at radius 1 is 1.14 bits per heavy atom. The summed E-state index contributed by atoms with van der Waals surface area (Å²) in [5.74, 6) is -0.0464. The Balaban J connectivity index is 3.11. The van der Waals surface area contributed by atoms with Gasteiger partial charge in [-0.15, -0.1) is 0 Å². The molecule has 0 atom stereocenters. The molecule has 0 saturated heterocycles. The second-order valence-corrected chi connectivity index (χ2v) is 3.01. The van der Waals surface area contributed by atoms with Gasteiger partial charge < -0.3 is 20.1 Å². The Morgan fingerprint density at radius 3 is 2.00 bits per heavy atom. The van der Waals surface area contributed by atoms with E-state index in [9.17, 15) is 5.11 Å². The van der Waals surface area contributed by atoms with Gasteiger partial charge in [-0.3, -0.25) is 0 Å². The van der Waals surface area contributed by atoms with E-state index in [1.54, 1.807) is 19.2 Å². The van der Waals surface area contributed by atoms with Gasteiger partial charge in [0.25, 0.3) is 0 Å². The van der Waals surface area contributed by atoms with Crippen molar-refractivity contribution in [2.75, 3.05) is 7.11 Å². The fraction of sp³-hybridized carbons (Fsp3) is 0.400. The van der Waals surface area contributed by atoms with Gasteiger partial charge >= 0.3 is 0 Å². The Morgan fingerprint density at radius 2 is 1.64 bits per heavy atom. The zero-order valence-corrected chi connectivity index (χ0v) is 8.03. The molecule has 0 bridgehead atoms. The van der Waals surface area contributed by atoms with E-state index in [2.05, 4.69) is 0 Å². The summed E-state index contributed by atoms with van der Waals surface area (Å²) in [7, 11) is 1.56. The molecule has 0 amide bonds. The van der Waals surface area contributed by atoms with Crippen molar-refractivity contribution in [2.45, 2.75) is 19.8 Å². The van der Waals surface area contributed by atoms with Crippen LogP contribution in [0.4, 0.5) is 0 Å². The molecule has 0 saturated carbocycles. The summed E-state index contributed by atoms with van der Waals surface area (Å²) in [6, 6.07) is 3.30. The van der Waals surface area contributed by atoms with Crippen molar-refractivity contribution in [3.05, 3.63) is 28.8 Å². The number of methoxy groups -OCH3 is 1. The van der Waals surface area contributed by atoms with E-state index in [1.807, 2.05) is 0 Å². The van der Waals surface area contributed by atoms with E-state index >= 15 is 0 Å². The number of hydrogen-bond donors (Lipinski definition) is 3. The zero-order valence-electron chi connectivity index (χ0n) is 8.03. The summed E-state index contributed by atoms with van der Waals surface area (Å²) in [5, 5.41) is 27.4. The van der Waals surface area contributed by atoms with E-state index in [4.69, 9.17) is 14.9 Å². The van der Waals surface area contributed by atoms with Crippen LogP contribution in [0.5, 0.6) is 5.75 Å². The van der Waals surface area contributed by atoms with Gasteiger partial charge in [0.15, 0.2) is 0 Å². The lowest BCUT2D eigenvalue weighted by molar-refractivity contribution is 0.184. The second kappa shape index (κ2) is 4.95. The van der Waals surface area contributed by atoms with Crippen molar-refractivity contribution in [1.82, 2.24) is 0 Å². The predicted molar refractivity (Wildman–Crippen MR) is 50.7 cm³/mol. The molecule has 1 rings (SSSR count). The van der Waals surface area contributed by atoms with Crippen LogP contribution < -0.4 is 0 Å². The van der Waals surface area contributed by atoms with Crippen LogP contribution in [0.15, 0.2) is 12.1 Å². The molecule has 4 nitrogen and oxygen atoms in total. The minimum absolute atomic E-state index is 0.0464. The summed E-state index contributed by atoms with van der Waals surface area (Å²) in [4.78, 5) is 0. The first-order chi connectivity index (χ1) is 6.72. The molecule has 0 unspecified atom stereocenters. The topological polar surface area (TPSA) is 69.9 Å². The van der Waals surface area contributed by atoms with Crippen molar-refractivity contribution in [2.24, 2.45) is 0 Å². The van der Waals surface area contributed by atoms with Gasteiger partial charge in [0.1, 0.15) is 5.75 Å². The highest BCUT2D eigenvalue weighted by Gasteiger charge is 2.08. The van der Waals surface area contributed by atoms with Crippen LogP contribution in [0.25, 0.3) is 0 Å². The molecule has 4 heteroatoms. The van der Waals surface area contributed by atoms with E-state index in [0.717, 1.165) is 5.56 Å². The van der Waals surface area contributed by atoms with E-state index in [1.165, 1.54) is 0 Å². The molecule has 0 aliphatic carbocycles. The van der Waals surface area contributed by atoms with Crippen molar-refractivity contribution >= 4 is 0 Å². The van der Waals surface area contributed by atoms with Crippen LogP contribution in [0.1, 0.15) is 16.7 Å². The van der Waals surface area contributed by atoms with Crippen LogP contribution in [-0.4, -0.2) is 22.4 Å². The van der Waals surface area contributed by atoms with Gasteiger partial charge in [-0.1, -0.05) is 0 Å². The first-order valence-corrected chi connectivity index (χ1v) is 4.27. The number of hydrogen-bond acceptors (Lipinski definition) is 4. The number of aliphatic hydroxyl groups excluding tert-OH is 2. The van der Waals surface area contributed by atoms with Gasteiger partial charge in [0.2, 0.25) is 0 Å². The number of rotatable bonds is 4. The molecule has 0 aromatic heterocycles. The molecule has 1 aromatic carbocycles. The highest BCUT2D eigenvalue weighted by atomic mass is 16.5. The van der Waals surface area contributed by atoms with E-state index in [0.29, 0.717) is 17.7 Å². The van der Waals surface area contributed by atoms with Gasteiger partial charge in [-0.2, -0.15) is 0 Å². The molecule has 1 aromatic rings. The molecule has 0 heterocycles. The number of ether oxygens (including phenoxy) is 1. The minimum atomic E-state index is -0.254. The predicted octanol–water partition coefficient (Wildman–Crippen LogP) is 0.523. The van der Waals surface area contributed by atoms with E-state index in [-0.39, 0.29) is 19.0 Å². The lowest BCUT2D eigenvalue weighted by atomic mass is 10.1. The number of aliphatic hydroxyl groups is 2. The monoisotopic (exact) mass is 198 g/mol. The van der Waals surface area contributed by atoms with Crippen LogP contribution in [0.3, 0.4) is 0 Å². The maximum Gasteiger partial charge on any atom is 0.126 e. The summed E-state index contributed by atoms with van der Waals surface area (Å²) in [5.41, 5.74) is 1.63. The largest absolute Gasteiger partial charge is 0.507 e. The summed E-state index contributed by atoms with van der Waals surface area (Å²) >= 11 is 0. The average Bonchev–Trinajstić information content (AvgIpc) is 2.20. The molecule has 78 valence electrons. The first kappa shape index (κ1) is 11.0. The van der Waals surface area contributed by atoms with Crippen LogP contribution in [0.2, 0.25) is 0 Å². The summed E-state index contributed by atoms with van der Waals surface area (Å²) < 4.78 is 4.92. The molecule has 3 N–H and O–H groups in total. The van der Waals surface area contributed by atoms with Crippen molar-refractivity contribution in [3.8, 4) is 5.75 Å². The maximum absolute atomic E-state index is 9.52. The normalized spacial score (nSPS) is 10.5. The van der Waals surface area contributed by atoms with Crippen LogP contribution in [0, 0.1) is 0 Å². The third-order valence-corrected chi connectivity index (χ3v) is 1.98. The van der Waals surface area contributed by atoms with Gasteiger partial charge in [0, 0.05) is 18.2 Å². The Bertz CT molecular complexity index is 284. The Kier molecular flexibility index (Phi) is 3.88. The molecular weight excluding hydrogens is 184 g/mol. The highest BCUT2D eigenvalue weighted by molar-refractivity contribution is 5.43. The second-order valence-electron chi connectivity index (χ2n) is 3.01. The maximum atomic E-state index is 9.52. The van der Waals surface area contributed by atoms with Crippen molar-refractivity contribution < 1.29 is 20.1 Å². The number of phenols is 1. The lowest BCUT2D eigenvalue weighted by Gasteiger charge is -2.09. The fourth-order valence-corrected chi connectivity index (χ4v) is 1.32. The molecule has 0 spiro atoms. The lowest BCUT2D eigenvalue weighted by Crippen LogP contribution is -1.96. The Labute approximate surface area is 82.4 Å².